The highest BCUT2D eigenvalue weighted by Gasteiger charge is 2.24. The number of aromatic nitrogens is 5. The maximum atomic E-state index is 12.3. The predicted octanol–water partition coefficient (Wildman–Crippen LogP) is 2.04. The van der Waals surface area contributed by atoms with E-state index in [9.17, 15) is 4.79 Å². The van der Waals surface area contributed by atoms with Gasteiger partial charge in [-0.25, -0.2) is 9.97 Å². The highest BCUT2D eigenvalue weighted by atomic mass is 79.9. The lowest BCUT2D eigenvalue weighted by Gasteiger charge is -2.35. The number of benzene rings is 1. The summed E-state index contributed by atoms with van der Waals surface area (Å²) in [6, 6.07) is 7.58. The van der Waals surface area contributed by atoms with Gasteiger partial charge in [0.05, 0.1) is 12.8 Å². The van der Waals surface area contributed by atoms with Gasteiger partial charge in [-0.15, -0.1) is 5.10 Å². The Hall–Kier alpha value is -2.75. The SMILES string of the molecule is COc1cccc(-n2nnc3c(N4CCN(C(=O)CCCBr)CC4)ncnc32)c1. The fourth-order valence-corrected chi connectivity index (χ4v) is 3.71. The van der Waals surface area contributed by atoms with Gasteiger partial charge in [0.2, 0.25) is 5.91 Å². The molecule has 3 aromatic rings. The molecule has 29 heavy (non-hydrogen) atoms. The van der Waals surface area contributed by atoms with E-state index in [1.807, 2.05) is 29.2 Å². The number of methoxy groups -OCH3 is 1. The lowest BCUT2D eigenvalue weighted by molar-refractivity contribution is -0.131. The van der Waals surface area contributed by atoms with Gasteiger partial charge in [0.25, 0.3) is 0 Å². The van der Waals surface area contributed by atoms with Gasteiger partial charge >= 0.3 is 0 Å². The minimum absolute atomic E-state index is 0.209. The summed E-state index contributed by atoms with van der Waals surface area (Å²) in [6.07, 6.45) is 2.97. The van der Waals surface area contributed by atoms with Gasteiger partial charge in [0, 0.05) is 44.0 Å². The van der Waals surface area contributed by atoms with Crippen LogP contribution in [0.25, 0.3) is 16.9 Å². The number of amides is 1. The monoisotopic (exact) mass is 459 g/mol. The van der Waals surface area contributed by atoms with Crippen LogP contribution < -0.4 is 9.64 Å². The van der Waals surface area contributed by atoms with E-state index in [4.69, 9.17) is 4.74 Å². The third-order valence-corrected chi connectivity index (χ3v) is 5.53. The first-order valence-corrected chi connectivity index (χ1v) is 10.6. The number of carbonyl (C=O) groups excluding carboxylic acids is 1. The summed E-state index contributed by atoms with van der Waals surface area (Å²) in [4.78, 5) is 25.2. The van der Waals surface area contributed by atoms with Crippen molar-refractivity contribution in [3.05, 3.63) is 30.6 Å². The van der Waals surface area contributed by atoms with E-state index < -0.39 is 0 Å². The Labute approximate surface area is 176 Å². The van der Waals surface area contributed by atoms with Gasteiger partial charge in [-0.1, -0.05) is 27.2 Å². The lowest BCUT2D eigenvalue weighted by atomic mass is 10.2. The van der Waals surface area contributed by atoms with E-state index in [1.165, 1.54) is 6.33 Å². The zero-order valence-corrected chi connectivity index (χ0v) is 17.7. The van der Waals surface area contributed by atoms with Gasteiger partial charge < -0.3 is 14.5 Å². The second kappa shape index (κ2) is 8.73. The van der Waals surface area contributed by atoms with Crippen molar-refractivity contribution in [2.24, 2.45) is 0 Å². The van der Waals surface area contributed by atoms with Crippen LogP contribution in [-0.4, -0.2) is 74.4 Å². The molecule has 4 rings (SSSR count). The van der Waals surface area contributed by atoms with Crippen molar-refractivity contribution in [1.82, 2.24) is 29.9 Å². The number of fused-ring (bicyclic) bond motifs is 1. The molecule has 152 valence electrons. The van der Waals surface area contributed by atoms with Crippen molar-refractivity contribution >= 4 is 38.8 Å². The molecular weight excluding hydrogens is 438 g/mol. The van der Waals surface area contributed by atoms with E-state index in [-0.39, 0.29) is 5.91 Å². The molecule has 1 aliphatic rings. The number of halogens is 1. The molecule has 0 atom stereocenters. The van der Waals surface area contributed by atoms with Crippen molar-refractivity contribution in [2.45, 2.75) is 12.8 Å². The standard InChI is InChI=1S/C19H22BrN7O2/c1-29-15-5-2-4-14(12-15)27-19-17(23-24-27)18(21-13-22-19)26-10-8-25(9-11-26)16(28)6-3-7-20/h2,4-5,12-13H,3,6-11H2,1H3. The molecule has 1 amide bonds. The van der Waals surface area contributed by atoms with Crippen LogP contribution in [0.15, 0.2) is 30.6 Å². The first-order chi connectivity index (χ1) is 14.2. The molecule has 1 aromatic carbocycles. The summed E-state index contributed by atoms with van der Waals surface area (Å²) in [5, 5.41) is 9.47. The quantitative estimate of drug-likeness (QED) is 0.520. The number of nitrogens with zero attached hydrogens (tertiary/aromatic N) is 7. The summed E-state index contributed by atoms with van der Waals surface area (Å²) in [7, 11) is 1.63. The van der Waals surface area contributed by atoms with Gasteiger partial charge in [0.1, 0.15) is 12.1 Å². The van der Waals surface area contributed by atoms with Gasteiger partial charge in [-0.3, -0.25) is 4.79 Å². The first-order valence-electron chi connectivity index (χ1n) is 9.51. The molecule has 1 fully saturated rings. The Morgan fingerprint density at radius 3 is 2.79 bits per heavy atom. The van der Waals surface area contributed by atoms with Crippen molar-refractivity contribution in [3.63, 3.8) is 0 Å². The molecule has 9 nitrogen and oxygen atoms in total. The highest BCUT2D eigenvalue weighted by Crippen LogP contribution is 2.25. The summed E-state index contributed by atoms with van der Waals surface area (Å²) in [5.74, 6) is 1.69. The Bertz CT molecular complexity index is 1000. The number of carbonyl (C=O) groups is 1. The van der Waals surface area contributed by atoms with Gasteiger partial charge in [-0.2, -0.15) is 4.68 Å². The van der Waals surface area contributed by atoms with E-state index >= 15 is 0 Å². The Balaban J connectivity index is 1.55. The van der Waals surface area contributed by atoms with E-state index in [1.54, 1.807) is 11.8 Å². The topological polar surface area (TPSA) is 89.3 Å². The fraction of sp³-hybridized carbons (Fsp3) is 0.421. The molecule has 0 saturated carbocycles. The van der Waals surface area contributed by atoms with Crippen LogP contribution >= 0.6 is 15.9 Å². The molecule has 1 saturated heterocycles. The molecule has 0 spiro atoms. The normalized spacial score (nSPS) is 14.4. The Morgan fingerprint density at radius 2 is 2.03 bits per heavy atom. The van der Waals surface area contributed by atoms with Crippen LogP contribution in [0.2, 0.25) is 0 Å². The van der Waals surface area contributed by atoms with Crippen LogP contribution in [-0.2, 0) is 4.79 Å². The molecule has 1 aliphatic heterocycles. The second-order valence-electron chi connectivity index (χ2n) is 6.73. The molecule has 0 unspecified atom stereocenters. The van der Waals surface area contributed by atoms with Gasteiger partial charge in [0.15, 0.2) is 17.0 Å². The number of anilines is 1. The molecule has 0 aliphatic carbocycles. The van der Waals surface area contributed by atoms with Crippen molar-refractivity contribution in [3.8, 4) is 11.4 Å². The third-order valence-electron chi connectivity index (χ3n) is 4.97. The number of piperazine rings is 1. The van der Waals surface area contributed by atoms with E-state index in [0.29, 0.717) is 43.8 Å². The van der Waals surface area contributed by atoms with E-state index in [2.05, 4.69) is 41.1 Å². The minimum Gasteiger partial charge on any atom is -0.497 e. The molecule has 0 N–H and O–H groups in total. The fourth-order valence-electron chi connectivity index (χ4n) is 3.43. The number of hydrogen-bond acceptors (Lipinski definition) is 7. The van der Waals surface area contributed by atoms with Crippen molar-refractivity contribution in [1.29, 1.82) is 0 Å². The number of rotatable bonds is 6. The first kappa shape index (κ1) is 19.6. The summed E-state index contributed by atoms with van der Waals surface area (Å²) in [6.45, 7) is 2.77. The molecule has 10 heteroatoms. The molecular formula is C19H22BrN7O2. The maximum Gasteiger partial charge on any atom is 0.222 e. The number of ether oxygens (including phenoxy) is 1. The maximum absolute atomic E-state index is 12.3. The molecule has 3 heterocycles. The van der Waals surface area contributed by atoms with Crippen LogP contribution in [0.1, 0.15) is 12.8 Å². The van der Waals surface area contributed by atoms with Crippen LogP contribution in [0.4, 0.5) is 5.82 Å². The lowest BCUT2D eigenvalue weighted by Crippen LogP contribution is -2.49. The second-order valence-corrected chi connectivity index (χ2v) is 7.53. The third kappa shape index (κ3) is 4.02. The summed E-state index contributed by atoms with van der Waals surface area (Å²) >= 11 is 3.38. The average molecular weight is 460 g/mol. The average Bonchev–Trinajstić information content (AvgIpc) is 3.22. The summed E-state index contributed by atoms with van der Waals surface area (Å²) < 4.78 is 6.98. The molecule has 0 radical (unpaired) electrons. The van der Waals surface area contributed by atoms with Crippen molar-refractivity contribution < 1.29 is 9.53 Å². The van der Waals surface area contributed by atoms with E-state index in [0.717, 1.165) is 29.0 Å². The Morgan fingerprint density at radius 1 is 1.21 bits per heavy atom. The highest BCUT2D eigenvalue weighted by molar-refractivity contribution is 9.09. The molecule has 2 aromatic heterocycles. The smallest absolute Gasteiger partial charge is 0.222 e. The summed E-state index contributed by atoms with van der Waals surface area (Å²) in [5.41, 5.74) is 2.10. The zero-order valence-electron chi connectivity index (χ0n) is 16.2. The predicted molar refractivity (Wildman–Crippen MR) is 113 cm³/mol. The van der Waals surface area contributed by atoms with Gasteiger partial charge in [-0.05, 0) is 18.6 Å². The molecule has 0 bridgehead atoms. The van der Waals surface area contributed by atoms with Crippen LogP contribution in [0.3, 0.4) is 0 Å². The van der Waals surface area contributed by atoms with Crippen molar-refractivity contribution in [2.75, 3.05) is 43.5 Å². The largest absolute Gasteiger partial charge is 0.497 e. The van der Waals surface area contributed by atoms with Crippen LogP contribution in [0.5, 0.6) is 5.75 Å². The number of hydrogen-bond donors (Lipinski definition) is 0. The number of alkyl halides is 1. The minimum atomic E-state index is 0.209. The zero-order chi connectivity index (χ0) is 20.2. The Kier molecular flexibility index (Phi) is 5.89. The van der Waals surface area contributed by atoms with Crippen LogP contribution in [0, 0.1) is 0 Å².